The number of amides is 1. The van der Waals surface area contributed by atoms with Gasteiger partial charge in [-0.1, -0.05) is 30.3 Å². The predicted octanol–water partition coefficient (Wildman–Crippen LogP) is 3.39. The number of benzene rings is 2. The van der Waals surface area contributed by atoms with E-state index in [9.17, 15) is 4.79 Å². The molecule has 0 saturated carbocycles. The largest absolute Gasteiger partial charge is 0.397 e. The normalized spacial score (nSPS) is 11.8. The minimum atomic E-state index is -0.179. The first kappa shape index (κ1) is 13.5. The molecule has 1 unspecified atom stereocenters. The summed E-state index contributed by atoms with van der Waals surface area (Å²) < 4.78 is 0. The van der Waals surface area contributed by atoms with Crippen molar-refractivity contribution >= 4 is 29.0 Å². The van der Waals surface area contributed by atoms with E-state index in [0.29, 0.717) is 11.4 Å². The molecule has 2 aromatic carbocycles. The Labute approximate surface area is 117 Å². The van der Waals surface area contributed by atoms with Crippen LogP contribution in [0.2, 0.25) is 0 Å². The minimum absolute atomic E-state index is 0.0493. The van der Waals surface area contributed by atoms with Crippen LogP contribution in [0.25, 0.3) is 0 Å². The number of nitrogen functional groups attached to an aromatic ring is 1. The lowest BCUT2D eigenvalue weighted by Gasteiger charge is -2.13. The van der Waals surface area contributed by atoms with Crippen molar-refractivity contribution < 1.29 is 4.79 Å². The minimum Gasteiger partial charge on any atom is -0.397 e. The van der Waals surface area contributed by atoms with Gasteiger partial charge in [-0.15, -0.1) is 11.8 Å². The Hall–Kier alpha value is -1.94. The maximum absolute atomic E-state index is 12.1. The molecule has 0 aromatic heterocycles. The summed E-state index contributed by atoms with van der Waals surface area (Å²) in [4.78, 5) is 13.2. The van der Waals surface area contributed by atoms with Crippen LogP contribution in [0, 0.1) is 0 Å². The Morgan fingerprint density at radius 3 is 2.42 bits per heavy atom. The van der Waals surface area contributed by atoms with Crippen molar-refractivity contribution in [1.82, 2.24) is 0 Å². The van der Waals surface area contributed by atoms with Gasteiger partial charge in [-0.25, -0.2) is 0 Å². The van der Waals surface area contributed by atoms with Gasteiger partial charge in [0.2, 0.25) is 5.91 Å². The molecular formula is C15H16N2OS. The van der Waals surface area contributed by atoms with Crippen molar-refractivity contribution in [2.24, 2.45) is 0 Å². The highest BCUT2D eigenvalue weighted by atomic mass is 32.2. The standard InChI is InChI=1S/C15H16N2OS/c1-11(19-12-7-3-2-4-8-12)15(18)17-14-10-6-5-9-13(14)16/h2-11H,16H2,1H3,(H,17,18). The van der Waals surface area contributed by atoms with Crippen LogP contribution in [0.4, 0.5) is 11.4 Å². The molecule has 19 heavy (non-hydrogen) atoms. The molecule has 1 amide bonds. The monoisotopic (exact) mass is 272 g/mol. The molecule has 3 N–H and O–H groups in total. The van der Waals surface area contributed by atoms with E-state index in [4.69, 9.17) is 5.73 Å². The van der Waals surface area contributed by atoms with Gasteiger partial charge in [-0.05, 0) is 31.2 Å². The molecule has 4 heteroatoms. The van der Waals surface area contributed by atoms with E-state index >= 15 is 0 Å². The Morgan fingerprint density at radius 2 is 1.74 bits per heavy atom. The fourth-order valence-corrected chi connectivity index (χ4v) is 2.49. The van der Waals surface area contributed by atoms with E-state index in [1.165, 1.54) is 11.8 Å². The van der Waals surface area contributed by atoms with Gasteiger partial charge in [0.05, 0.1) is 16.6 Å². The van der Waals surface area contributed by atoms with Crippen LogP contribution in [0.15, 0.2) is 59.5 Å². The number of carbonyl (C=O) groups is 1. The fraction of sp³-hybridized carbons (Fsp3) is 0.133. The summed E-state index contributed by atoms with van der Waals surface area (Å²) in [6.45, 7) is 1.88. The molecule has 0 aliphatic heterocycles. The number of thioether (sulfide) groups is 1. The van der Waals surface area contributed by atoms with E-state index in [0.717, 1.165) is 4.90 Å². The number of para-hydroxylation sites is 2. The second-order valence-corrected chi connectivity index (χ2v) is 5.56. The molecule has 1 atom stereocenters. The topological polar surface area (TPSA) is 55.1 Å². The average molecular weight is 272 g/mol. The molecule has 98 valence electrons. The summed E-state index contributed by atoms with van der Waals surface area (Å²) in [6.07, 6.45) is 0. The molecule has 2 rings (SSSR count). The van der Waals surface area contributed by atoms with Crippen molar-refractivity contribution in [1.29, 1.82) is 0 Å². The lowest BCUT2D eigenvalue weighted by Crippen LogP contribution is -2.22. The Balaban J connectivity index is 1.99. The third-order valence-corrected chi connectivity index (χ3v) is 3.76. The summed E-state index contributed by atoms with van der Waals surface area (Å²) in [5.41, 5.74) is 7.04. The van der Waals surface area contributed by atoms with Crippen molar-refractivity contribution in [3.05, 3.63) is 54.6 Å². The van der Waals surface area contributed by atoms with Crippen LogP contribution in [-0.2, 0) is 4.79 Å². The van der Waals surface area contributed by atoms with Gasteiger partial charge in [-0.2, -0.15) is 0 Å². The lowest BCUT2D eigenvalue weighted by molar-refractivity contribution is -0.115. The summed E-state index contributed by atoms with van der Waals surface area (Å²) in [6, 6.07) is 17.1. The average Bonchev–Trinajstić information content (AvgIpc) is 2.42. The Morgan fingerprint density at radius 1 is 1.11 bits per heavy atom. The van der Waals surface area contributed by atoms with E-state index < -0.39 is 0 Å². The highest BCUT2D eigenvalue weighted by Gasteiger charge is 2.15. The summed E-state index contributed by atoms with van der Waals surface area (Å²) >= 11 is 1.52. The van der Waals surface area contributed by atoms with Gasteiger partial charge in [-0.3, -0.25) is 4.79 Å². The third-order valence-electron chi connectivity index (χ3n) is 2.64. The number of carbonyl (C=O) groups excluding carboxylic acids is 1. The number of hydrogen-bond donors (Lipinski definition) is 2. The maximum atomic E-state index is 12.1. The Bertz CT molecular complexity index is 557. The summed E-state index contributed by atoms with van der Waals surface area (Å²) in [5, 5.41) is 2.67. The van der Waals surface area contributed by atoms with Crippen molar-refractivity contribution in [3.8, 4) is 0 Å². The second kappa shape index (κ2) is 6.29. The predicted molar refractivity (Wildman–Crippen MR) is 81.2 cm³/mol. The fourth-order valence-electron chi connectivity index (χ4n) is 1.60. The first-order valence-electron chi connectivity index (χ1n) is 6.04. The van der Waals surface area contributed by atoms with Crippen molar-refractivity contribution in [2.45, 2.75) is 17.1 Å². The number of anilines is 2. The molecule has 0 aliphatic carbocycles. The molecule has 0 spiro atoms. The van der Waals surface area contributed by atoms with Gasteiger partial charge < -0.3 is 11.1 Å². The third kappa shape index (κ3) is 3.76. The highest BCUT2D eigenvalue weighted by molar-refractivity contribution is 8.00. The maximum Gasteiger partial charge on any atom is 0.237 e. The number of rotatable bonds is 4. The van der Waals surface area contributed by atoms with Gasteiger partial charge in [0.1, 0.15) is 0 Å². The second-order valence-electron chi connectivity index (χ2n) is 4.15. The SMILES string of the molecule is CC(Sc1ccccc1)C(=O)Nc1ccccc1N. The van der Waals surface area contributed by atoms with E-state index in [1.54, 1.807) is 12.1 Å². The number of hydrogen-bond acceptors (Lipinski definition) is 3. The molecular weight excluding hydrogens is 256 g/mol. The van der Waals surface area contributed by atoms with E-state index in [2.05, 4.69) is 5.32 Å². The highest BCUT2D eigenvalue weighted by Crippen LogP contribution is 2.24. The molecule has 2 aromatic rings. The molecule has 0 heterocycles. The van der Waals surface area contributed by atoms with Gasteiger partial charge in [0, 0.05) is 4.90 Å². The molecule has 0 aliphatic rings. The molecule has 3 nitrogen and oxygen atoms in total. The van der Waals surface area contributed by atoms with Crippen LogP contribution < -0.4 is 11.1 Å². The van der Waals surface area contributed by atoms with Crippen LogP contribution in [0.3, 0.4) is 0 Å². The molecule has 0 saturated heterocycles. The molecule has 0 radical (unpaired) electrons. The lowest BCUT2D eigenvalue weighted by atomic mass is 10.2. The quantitative estimate of drug-likeness (QED) is 0.662. The van der Waals surface area contributed by atoms with Gasteiger partial charge in [0.15, 0.2) is 0 Å². The number of nitrogens with two attached hydrogens (primary N) is 1. The van der Waals surface area contributed by atoms with Gasteiger partial charge >= 0.3 is 0 Å². The van der Waals surface area contributed by atoms with Crippen molar-refractivity contribution in [3.63, 3.8) is 0 Å². The first-order chi connectivity index (χ1) is 9.16. The van der Waals surface area contributed by atoms with E-state index in [-0.39, 0.29) is 11.2 Å². The smallest absolute Gasteiger partial charge is 0.237 e. The summed E-state index contributed by atoms with van der Waals surface area (Å²) in [7, 11) is 0. The van der Waals surface area contributed by atoms with Crippen LogP contribution >= 0.6 is 11.8 Å². The van der Waals surface area contributed by atoms with Crippen LogP contribution in [0.5, 0.6) is 0 Å². The zero-order valence-electron chi connectivity index (χ0n) is 10.7. The van der Waals surface area contributed by atoms with Gasteiger partial charge in [0.25, 0.3) is 0 Å². The zero-order chi connectivity index (χ0) is 13.7. The van der Waals surface area contributed by atoms with Crippen molar-refractivity contribution in [2.75, 3.05) is 11.1 Å². The molecule has 0 bridgehead atoms. The van der Waals surface area contributed by atoms with Crippen LogP contribution in [-0.4, -0.2) is 11.2 Å². The zero-order valence-corrected chi connectivity index (χ0v) is 11.5. The summed E-state index contributed by atoms with van der Waals surface area (Å²) in [5.74, 6) is -0.0493. The first-order valence-corrected chi connectivity index (χ1v) is 6.92. The Kier molecular flexibility index (Phi) is 4.47. The molecule has 0 fully saturated rings. The van der Waals surface area contributed by atoms with Crippen LogP contribution in [0.1, 0.15) is 6.92 Å². The number of nitrogens with one attached hydrogen (secondary N) is 1. The van der Waals surface area contributed by atoms with E-state index in [1.807, 2.05) is 49.4 Å².